The number of halogens is 1. The molecule has 1 saturated carbocycles. The lowest BCUT2D eigenvalue weighted by Crippen LogP contribution is -2.44. The van der Waals surface area contributed by atoms with Crippen molar-refractivity contribution in [1.82, 2.24) is 16.0 Å². The molecule has 0 aliphatic heterocycles. The quantitative estimate of drug-likeness (QED) is 0.0729. The molecular weight excluding hydrogens is 687 g/mol. The van der Waals surface area contributed by atoms with Crippen LogP contribution in [0.3, 0.4) is 0 Å². The van der Waals surface area contributed by atoms with Crippen molar-refractivity contribution in [1.29, 1.82) is 0 Å². The van der Waals surface area contributed by atoms with Crippen molar-refractivity contribution in [3.8, 4) is 11.3 Å². The molecule has 1 fully saturated rings. The van der Waals surface area contributed by atoms with Crippen LogP contribution >= 0.6 is 0 Å². The molecule has 51 heavy (non-hydrogen) atoms. The molecule has 1 aliphatic carbocycles. The maximum atomic E-state index is 13.7. The Bertz CT molecular complexity index is 2190. The number of hydrogen-bond donors (Lipinski definition) is 5. The number of nitrogens with zero attached hydrogens (tertiary/aromatic N) is 1. The molecular formula is C35H33FN4O10S. The first-order valence-electron chi connectivity index (χ1n) is 15.5. The minimum absolute atomic E-state index is 0.0437. The zero-order chi connectivity index (χ0) is 37.0. The fourth-order valence-corrected chi connectivity index (χ4v) is 6.23. The molecule has 0 spiro atoms. The third kappa shape index (κ3) is 8.59. The topological polar surface area (TPSA) is 212 Å². The van der Waals surface area contributed by atoms with Crippen molar-refractivity contribution in [2.24, 2.45) is 0 Å². The van der Waals surface area contributed by atoms with Crippen LogP contribution in [0, 0.1) is 5.82 Å². The van der Waals surface area contributed by atoms with E-state index < -0.39 is 64.2 Å². The third-order valence-electron chi connectivity index (χ3n) is 8.01. The van der Waals surface area contributed by atoms with Crippen molar-refractivity contribution in [2.75, 3.05) is 30.7 Å². The van der Waals surface area contributed by atoms with Gasteiger partial charge in [0, 0.05) is 42.2 Å². The summed E-state index contributed by atoms with van der Waals surface area (Å²) in [5.74, 6) is -5.85. The summed E-state index contributed by atoms with van der Waals surface area (Å²) in [5, 5.41) is 26.8. The minimum atomic E-state index is -4.07. The average Bonchev–Trinajstić information content (AvgIpc) is 3.88. The molecule has 5 rings (SSSR count). The summed E-state index contributed by atoms with van der Waals surface area (Å²) in [6, 6.07) is 14.5. The average molecular weight is 721 g/mol. The van der Waals surface area contributed by atoms with Crippen LogP contribution in [0.15, 0.2) is 71.2 Å². The molecule has 266 valence electrons. The zero-order valence-corrected chi connectivity index (χ0v) is 28.2. The van der Waals surface area contributed by atoms with Crippen molar-refractivity contribution < 1.29 is 51.4 Å². The number of furan rings is 1. The smallest absolute Gasteiger partial charge is 0.376 e. The number of nitrogens with one attached hydrogen (secondary N) is 3. The third-order valence-corrected chi connectivity index (χ3v) is 9.13. The van der Waals surface area contributed by atoms with Gasteiger partial charge in [-0.1, -0.05) is 18.2 Å². The highest BCUT2D eigenvalue weighted by Crippen LogP contribution is 2.48. The highest BCUT2D eigenvalue weighted by Gasteiger charge is 2.34. The summed E-state index contributed by atoms with van der Waals surface area (Å²) in [6.45, 7) is -1.23. The minimum Gasteiger partial charge on any atom is -0.507 e. The van der Waals surface area contributed by atoms with Crippen LogP contribution in [0.5, 0.6) is 0 Å². The first-order valence-corrected chi connectivity index (χ1v) is 17.4. The van der Waals surface area contributed by atoms with Crippen molar-refractivity contribution in [3.05, 3.63) is 94.8 Å². The lowest BCUT2D eigenvalue weighted by molar-refractivity contribution is -0.146. The Balaban J connectivity index is 1.33. The van der Waals surface area contributed by atoms with Gasteiger partial charge in [0.15, 0.2) is 0 Å². The van der Waals surface area contributed by atoms with E-state index >= 15 is 0 Å². The van der Waals surface area contributed by atoms with Gasteiger partial charge in [0.2, 0.25) is 21.8 Å². The summed E-state index contributed by atoms with van der Waals surface area (Å²) >= 11 is 0. The number of sulfonamides is 1. The van der Waals surface area contributed by atoms with Crippen LogP contribution < -0.4 is 20.3 Å². The Hall–Kier alpha value is -6.03. The molecule has 3 aromatic carbocycles. The Kier molecular flexibility index (Phi) is 10.5. The maximum absolute atomic E-state index is 13.7. The number of aliphatic carboxylic acids is 1. The fraction of sp³-hybridized carbons (Fsp3) is 0.229. The van der Waals surface area contributed by atoms with Gasteiger partial charge < -0.3 is 30.6 Å². The number of benzene rings is 3. The molecule has 16 heteroatoms. The predicted octanol–water partition coefficient (Wildman–Crippen LogP) is 3.23. The van der Waals surface area contributed by atoms with Gasteiger partial charge in [-0.15, -0.1) is 0 Å². The monoisotopic (exact) mass is 720 g/mol. The van der Waals surface area contributed by atoms with E-state index in [-0.39, 0.29) is 40.6 Å². The van der Waals surface area contributed by atoms with Gasteiger partial charge in [0.05, 0.1) is 24.1 Å². The number of anilines is 1. The van der Waals surface area contributed by atoms with E-state index in [4.69, 9.17) is 9.52 Å². The number of aliphatic hydroxyl groups is 1. The molecule has 1 aromatic heterocycles. The van der Waals surface area contributed by atoms with E-state index in [1.54, 1.807) is 12.1 Å². The second kappa shape index (κ2) is 14.8. The Morgan fingerprint density at radius 2 is 1.69 bits per heavy atom. The molecule has 0 radical (unpaired) electrons. The molecule has 1 heterocycles. The van der Waals surface area contributed by atoms with Gasteiger partial charge in [0.1, 0.15) is 29.5 Å². The van der Waals surface area contributed by atoms with Crippen molar-refractivity contribution >= 4 is 61.9 Å². The molecule has 14 nitrogen and oxygen atoms in total. The first kappa shape index (κ1) is 36.3. The summed E-state index contributed by atoms with van der Waals surface area (Å²) in [7, 11) is -2.62. The van der Waals surface area contributed by atoms with Gasteiger partial charge in [0.25, 0.3) is 11.7 Å². The predicted molar refractivity (Wildman–Crippen MR) is 184 cm³/mol. The largest absolute Gasteiger partial charge is 0.507 e. The molecule has 4 aromatic rings. The number of carboxylic acids is 1. The standard InChI is InChI=1S/C35H33FN4O10S/c1-37-34(45)32-25-13-24(20-6-7-20)26(14-29(25)50-33(32)21-8-10-23(36)11-9-21)40(51(2,48)49)18-31(44)39-17-30(43)38-16-19-4-3-5-22(12-19)27(41)15-28(42)35(46)47/h3-5,8-15,20,41H,6-7,16-18H2,1-2H3,(H,37,45)(H,38,43)(H,39,44)(H,46,47). The number of amides is 3. The highest BCUT2D eigenvalue weighted by molar-refractivity contribution is 7.92. The molecule has 5 N–H and O–H groups in total. The van der Waals surface area contributed by atoms with Gasteiger partial charge in [-0.05, 0) is 66.3 Å². The zero-order valence-electron chi connectivity index (χ0n) is 27.4. The van der Waals surface area contributed by atoms with Gasteiger partial charge in [-0.25, -0.2) is 17.6 Å². The number of carbonyl (C=O) groups excluding carboxylic acids is 4. The number of aliphatic hydroxyl groups excluding tert-OH is 1. The maximum Gasteiger partial charge on any atom is 0.376 e. The van der Waals surface area contributed by atoms with Crippen LogP contribution in [0.2, 0.25) is 0 Å². The SMILES string of the molecule is CNC(=O)c1c(-c2ccc(F)cc2)oc2cc(N(CC(=O)NCC(=O)NCc3cccc(C(O)=CC(=O)C(=O)O)c3)S(C)(=O)=O)c(C3CC3)cc12. The Morgan fingerprint density at radius 3 is 2.31 bits per heavy atom. The van der Waals surface area contributed by atoms with E-state index in [2.05, 4.69) is 16.0 Å². The normalized spacial score (nSPS) is 13.0. The van der Waals surface area contributed by atoms with Gasteiger partial charge in [-0.2, -0.15) is 0 Å². The molecule has 3 amide bonds. The van der Waals surface area contributed by atoms with Gasteiger partial charge in [-0.3, -0.25) is 23.5 Å². The molecule has 0 atom stereocenters. The van der Waals surface area contributed by atoms with Crippen molar-refractivity contribution in [2.45, 2.75) is 25.3 Å². The van der Waals surface area contributed by atoms with Gasteiger partial charge >= 0.3 is 5.97 Å². The first-order chi connectivity index (χ1) is 24.2. The Morgan fingerprint density at radius 1 is 0.980 bits per heavy atom. The molecule has 0 unspecified atom stereocenters. The number of rotatable bonds is 14. The van der Waals surface area contributed by atoms with E-state index in [0.29, 0.717) is 28.2 Å². The number of carbonyl (C=O) groups is 5. The summed E-state index contributed by atoms with van der Waals surface area (Å²) in [4.78, 5) is 60.8. The number of fused-ring (bicyclic) bond motifs is 1. The van der Waals surface area contributed by atoms with Crippen LogP contribution in [0.25, 0.3) is 28.1 Å². The van der Waals surface area contributed by atoms with Crippen LogP contribution in [-0.4, -0.2) is 74.5 Å². The fourth-order valence-electron chi connectivity index (χ4n) is 5.36. The molecule has 0 bridgehead atoms. The van der Waals surface area contributed by atoms with Crippen molar-refractivity contribution in [3.63, 3.8) is 0 Å². The molecule has 0 saturated heterocycles. The summed E-state index contributed by atoms with van der Waals surface area (Å²) in [6.07, 6.45) is 3.00. The lowest BCUT2D eigenvalue weighted by Gasteiger charge is -2.24. The number of ketones is 1. The van der Waals surface area contributed by atoms with E-state index in [9.17, 15) is 41.9 Å². The summed E-state index contributed by atoms with van der Waals surface area (Å²) in [5.41, 5.74) is 2.18. The summed E-state index contributed by atoms with van der Waals surface area (Å²) < 4.78 is 46.9. The second-order valence-electron chi connectivity index (χ2n) is 11.8. The van der Waals surface area contributed by atoms with E-state index in [1.165, 1.54) is 55.6 Å². The molecule has 1 aliphatic rings. The highest BCUT2D eigenvalue weighted by atomic mass is 32.2. The number of hydrogen-bond acceptors (Lipinski definition) is 9. The van der Waals surface area contributed by atoms with Crippen LogP contribution in [0.4, 0.5) is 10.1 Å². The number of carboxylic acid groups (broad SMARTS) is 1. The lowest BCUT2D eigenvalue weighted by atomic mass is 10.0. The van der Waals surface area contributed by atoms with Crippen LogP contribution in [0.1, 0.15) is 45.8 Å². The van der Waals surface area contributed by atoms with Crippen LogP contribution in [-0.2, 0) is 35.7 Å². The second-order valence-corrected chi connectivity index (χ2v) is 13.7. The van der Waals surface area contributed by atoms with E-state index in [0.717, 1.165) is 23.4 Å². The van der Waals surface area contributed by atoms with E-state index in [1.807, 2.05) is 0 Å². The Labute approximate surface area is 291 Å².